The van der Waals surface area contributed by atoms with Crippen molar-refractivity contribution in [1.82, 2.24) is 19.6 Å². The Morgan fingerprint density at radius 2 is 1.02 bits per heavy atom. The third kappa shape index (κ3) is 8.26. The molecule has 4 heterocycles. The highest BCUT2D eigenvalue weighted by Crippen LogP contribution is 2.28. The fourth-order valence-corrected chi connectivity index (χ4v) is 7.27. The third-order valence-corrected chi connectivity index (χ3v) is 10.4. The predicted octanol–water partition coefficient (Wildman–Crippen LogP) is 3.15. The van der Waals surface area contributed by atoms with Gasteiger partial charge in [-0.25, -0.2) is 0 Å². The van der Waals surface area contributed by atoms with E-state index >= 15 is 0 Å². The molecule has 268 valence electrons. The van der Waals surface area contributed by atoms with E-state index in [-0.39, 0.29) is 35.7 Å². The lowest BCUT2D eigenvalue weighted by Crippen LogP contribution is -2.47. The lowest BCUT2D eigenvalue weighted by Gasteiger charge is -2.26. The average Bonchev–Trinajstić information content (AvgIpc) is 3.95. The molecule has 12 nitrogen and oxygen atoms in total. The molecule has 0 aromatic heterocycles. The van der Waals surface area contributed by atoms with E-state index in [0.29, 0.717) is 63.4 Å². The van der Waals surface area contributed by atoms with Crippen LogP contribution in [0.1, 0.15) is 49.7 Å². The summed E-state index contributed by atoms with van der Waals surface area (Å²) in [6.45, 7) is 2.18. The maximum Gasteiger partial charge on any atom is 0.252 e. The molecule has 4 amide bonds. The number of amides is 4. The summed E-state index contributed by atoms with van der Waals surface area (Å²) in [4.78, 5) is 60.7. The molecule has 50 heavy (non-hydrogen) atoms. The minimum absolute atomic E-state index is 0.0944. The first-order valence-electron chi connectivity index (χ1n) is 17.7. The lowest BCUT2D eigenvalue weighted by atomic mass is 10.1. The second kappa shape index (κ2) is 15.8. The van der Waals surface area contributed by atoms with Gasteiger partial charge in [-0.2, -0.15) is 0 Å². The van der Waals surface area contributed by atoms with E-state index < -0.39 is 24.3 Å². The topological polar surface area (TPSA) is 124 Å². The van der Waals surface area contributed by atoms with Crippen molar-refractivity contribution in [2.45, 2.75) is 74.9 Å². The number of hydrogen-bond acceptors (Lipinski definition) is 8. The molecular weight excluding hydrogens is 636 g/mol. The number of ether oxygens (including phenoxy) is 2. The molecule has 1 unspecified atom stereocenters. The number of benzene rings is 2. The van der Waals surface area contributed by atoms with Crippen LogP contribution < -0.4 is 10.6 Å². The first kappa shape index (κ1) is 35.7. The summed E-state index contributed by atoms with van der Waals surface area (Å²) in [6.07, 6.45) is 7.31. The van der Waals surface area contributed by atoms with Gasteiger partial charge in [0.1, 0.15) is 24.3 Å². The third-order valence-electron chi connectivity index (χ3n) is 10.4. The summed E-state index contributed by atoms with van der Waals surface area (Å²) in [5.41, 5.74) is 3.24. The van der Waals surface area contributed by atoms with Crippen molar-refractivity contribution in [3.8, 4) is 0 Å². The van der Waals surface area contributed by atoms with Crippen molar-refractivity contribution in [3.63, 3.8) is 0 Å². The zero-order valence-corrected chi connectivity index (χ0v) is 29.5. The highest BCUT2D eigenvalue weighted by atomic mass is 16.5. The van der Waals surface area contributed by atoms with Crippen LogP contribution in [0.4, 0.5) is 11.4 Å². The van der Waals surface area contributed by atoms with Gasteiger partial charge in [0.15, 0.2) is 0 Å². The fourth-order valence-electron chi connectivity index (χ4n) is 7.27. The normalized spacial score (nSPS) is 26.8. The number of likely N-dealkylation sites (tertiary alicyclic amines) is 2. The van der Waals surface area contributed by atoms with E-state index in [1.165, 1.54) is 0 Å². The maximum atomic E-state index is 13.4. The molecule has 2 aromatic carbocycles. The Bertz CT molecular complexity index is 1430. The SMILES string of the molecule is CN(C)C1C[C@@H](C(=O)Nc2ccc(/C=C/c3ccc(NC(=O)[C@@H]4C[C@H](N(C)C)CN4C(=O)[C@H]4CCCO4)cc3)cc2)N(C(=O)[C@H]2CCCO2)C1. The van der Waals surface area contributed by atoms with Crippen molar-refractivity contribution in [1.29, 1.82) is 0 Å². The number of carbonyl (C=O) groups is 4. The Kier molecular flexibility index (Phi) is 11.3. The molecule has 0 bridgehead atoms. The van der Waals surface area contributed by atoms with Gasteiger partial charge in [-0.1, -0.05) is 36.4 Å². The van der Waals surface area contributed by atoms with Crippen LogP contribution in [0.3, 0.4) is 0 Å². The van der Waals surface area contributed by atoms with Gasteiger partial charge in [-0.05, 0) is 102 Å². The monoisotopic (exact) mass is 686 g/mol. The highest BCUT2D eigenvalue weighted by molar-refractivity contribution is 5.99. The van der Waals surface area contributed by atoms with E-state index in [0.717, 1.165) is 24.0 Å². The second-order valence-electron chi connectivity index (χ2n) is 14.3. The van der Waals surface area contributed by atoms with Crippen LogP contribution in [0.2, 0.25) is 0 Å². The van der Waals surface area contributed by atoms with Crippen molar-refractivity contribution in [3.05, 3.63) is 59.7 Å². The van der Waals surface area contributed by atoms with Gasteiger partial charge in [-0.3, -0.25) is 19.2 Å². The maximum absolute atomic E-state index is 13.4. The Labute approximate surface area is 294 Å². The van der Waals surface area contributed by atoms with Crippen molar-refractivity contribution < 1.29 is 28.7 Å². The summed E-state index contributed by atoms with van der Waals surface area (Å²) < 4.78 is 11.3. The van der Waals surface area contributed by atoms with Gasteiger partial charge in [0, 0.05) is 49.8 Å². The number of anilines is 2. The number of nitrogens with one attached hydrogen (secondary N) is 2. The number of hydrogen-bond donors (Lipinski definition) is 2. The van der Waals surface area contributed by atoms with Crippen LogP contribution >= 0.6 is 0 Å². The molecular formula is C38H50N6O6. The van der Waals surface area contributed by atoms with Gasteiger partial charge < -0.3 is 39.7 Å². The largest absolute Gasteiger partial charge is 0.368 e. The quantitative estimate of drug-likeness (QED) is 0.366. The molecule has 0 radical (unpaired) electrons. The van der Waals surface area contributed by atoms with E-state index in [2.05, 4.69) is 20.4 Å². The fraction of sp³-hybridized carbons (Fsp3) is 0.526. The summed E-state index contributed by atoms with van der Waals surface area (Å²) in [7, 11) is 7.89. The summed E-state index contributed by atoms with van der Waals surface area (Å²) >= 11 is 0. The standard InChI is InChI=1S/C38H50N6O6/c1-41(2)29-21-31(43(23-29)37(47)33-7-5-19-49-33)35(45)39-27-15-11-25(12-16-27)9-10-26-13-17-28(18-14-26)40-36(46)32-22-30(42(3)4)24-44(32)38(48)34-8-6-20-50-34/h9-18,29-34H,5-8,19-24H2,1-4H3,(H,39,45)(H,40,46)/b10-9+/t29-,30?,31-,32-,33+,34+/m0/s1. The minimum atomic E-state index is -0.549. The predicted molar refractivity (Wildman–Crippen MR) is 192 cm³/mol. The zero-order valence-electron chi connectivity index (χ0n) is 29.5. The molecule has 12 heteroatoms. The molecule has 4 fully saturated rings. The van der Waals surface area contributed by atoms with Crippen molar-refractivity contribution >= 4 is 47.2 Å². The molecule has 0 aliphatic carbocycles. The Morgan fingerprint density at radius 3 is 1.34 bits per heavy atom. The molecule has 0 spiro atoms. The van der Waals surface area contributed by atoms with Crippen LogP contribution in [0, 0.1) is 0 Å². The Balaban J connectivity index is 1.03. The van der Waals surface area contributed by atoms with E-state index in [1.54, 1.807) is 9.80 Å². The second-order valence-corrected chi connectivity index (χ2v) is 14.3. The number of rotatable bonds is 10. The lowest BCUT2D eigenvalue weighted by molar-refractivity contribution is -0.145. The Morgan fingerprint density at radius 1 is 0.640 bits per heavy atom. The van der Waals surface area contributed by atoms with Crippen LogP contribution in [-0.4, -0.2) is 134 Å². The smallest absolute Gasteiger partial charge is 0.252 e. The van der Waals surface area contributed by atoms with Crippen molar-refractivity contribution in [2.75, 3.05) is 65.1 Å². The van der Waals surface area contributed by atoms with Gasteiger partial charge in [0.2, 0.25) is 11.8 Å². The summed E-state index contributed by atoms with van der Waals surface area (Å²) in [5, 5.41) is 6.02. The van der Waals surface area contributed by atoms with Crippen LogP contribution in [0.15, 0.2) is 48.5 Å². The van der Waals surface area contributed by atoms with Crippen LogP contribution in [-0.2, 0) is 28.7 Å². The number of nitrogens with zero attached hydrogens (tertiary/aromatic N) is 4. The highest BCUT2D eigenvalue weighted by Gasteiger charge is 2.44. The number of carbonyl (C=O) groups excluding carboxylic acids is 4. The summed E-state index contributed by atoms with van der Waals surface area (Å²) in [5.74, 6) is -0.571. The minimum Gasteiger partial charge on any atom is -0.368 e. The van der Waals surface area contributed by atoms with Crippen LogP contribution in [0.25, 0.3) is 12.2 Å². The van der Waals surface area contributed by atoms with E-state index in [4.69, 9.17) is 9.47 Å². The van der Waals surface area contributed by atoms with Gasteiger partial charge in [-0.15, -0.1) is 0 Å². The molecule has 4 saturated heterocycles. The molecule has 4 aliphatic heterocycles. The average molecular weight is 687 g/mol. The zero-order chi connectivity index (χ0) is 35.4. The van der Waals surface area contributed by atoms with E-state index in [9.17, 15) is 19.2 Å². The Hall–Kier alpha value is -4.10. The molecule has 6 rings (SSSR count). The summed E-state index contributed by atoms with van der Waals surface area (Å²) in [6, 6.07) is 14.3. The molecule has 2 aromatic rings. The van der Waals surface area contributed by atoms with Crippen LogP contribution in [0.5, 0.6) is 0 Å². The first-order valence-corrected chi connectivity index (χ1v) is 17.7. The van der Waals surface area contributed by atoms with Gasteiger partial charge in [0.25, 0.3) is 11.8 Å². The molecule has 6 atom stereocenters. The molecule has 0 saturated carbocycles. The molecule has 2 N–H and O–H groups in total. The van der Waals surface area contributed by atoms with E-state index in [1.807, 2.05) is 88.9 Å². The van der Waals surface area contributed by atoms with Gasteiger partial charge in [0.05, 0.1) is 0 Å². The first-order chi connectivity index (χ1) is 24.1. The van der Waals surface area contributed by atoms with Gasteiger partial charge >= 0.3 is 0 Å². The van der Waals surface area contributed by atoms with Crippen molar-refractivity contribution in [2.24, 2.45) is 0 Å². The molecule has 4 aliphatic rings. The number of likely N-dealkylation sites (N-methyl/N-ethyl adjacent to an activating group) is 2.